The van der Waals surface area contributed by atoms with Crippen LogP contribution < -0.4 is 5.73 Å². The summed E-state index contributed by atoms with van der Waals surface area (Å²) in [4.78, 5) is 18.5. The van der Waals surface area contributed by atoms with Gasteiger partial charge in [0, 0.05) is 24.0 Å². The molecular formula is C11H9N5O3S. The van der Waals surface area contributed by atoms with Crippen molar-refractivity contribution >= 4 is 23.3 Å². The van der Waals surface area contributed by atoms with E-state index in [1.807, 2.05) is 0 Å². The molecule has 20 heavy (non-hydrogen) atoms. The molecule has 0 saturated heterocycles. The largest absolute Gasteiger partial charge is 0.409 e. The summed E-state index contributed by atoms with van der Waals surface area (Å²) in [6.45, 7) is 0. The normalized spacial score (nSPS) is 11.3. The van der Waals surface area contributed by atoms with E-state index in [2.05, 4.69) is 15.1 Å². The summed E-state index contributed by atoms with van der Waals surface area (Å²) < 4.78 is 0. The van der Waals surface area contributed by atoms with Crippen LogP contribution in [0.5, 0.6) is 0 Å². The minimum Gasteiger partial charge on any atom is -0.409 e. The van der Waals surface area contributed by atoms with Crippen LogP contribution in [0.2, 0.25) is 0 Å². The molecule has 0 amide bonds. The second-order valence-corrected chi connectivity index (χ2v) is 4.57. The van der Waals surface area contributed by atoms with Gasteiger partial charge in [0.2, 0.25) is 0 Å². The molecule has 0 aliphatic rings. The van der Waals surface area contributed by atoms with Crippen LogP contribution in [0.1, 0.15) is 5.56 Å². The number of aromatic nitrogens is 2. The highest BCUT2D eigenvalue weighted by molar-refractivity contribution is 7.99. The molecule has 3 N–H and O–H groups in total. The molecule has 0 bridgehead atoms. The number of hydrogen-bond donors (Lipinski definition) is 2. The Balaban J connectivity index is 2.41. The molecule has 2 aromatic heterocycles. The van der Waals surface area contributed by atoms with E-state index in [0.717, 1.165) is 11.8 Å². The van der Waals surface area contributed by atoms with E-state index in [0.29, 0.717) is 5.03 Å². The van der Waals surface area contributed by atoms with E-state index in [-0.39, 0.29) is 22.1 Å². The highest BCUT2D eigenvalue weighted by Gasteiger charge is 2.19. The summed E-state index contributed by atoms with van der Waals surface area (Å²) in [6, 6.07) is 6.43. The summed E-state index contributed by atoms with van der Waals surface area (Å²) in [5, 5.41) is 23.2. The summed E-state index contributed by atoms with van der Waals surface area (Å²) >= 11 is 1.06. The second-order valence-electron chi connectivity index (χ2n) is 3.56. The molecule has 2 aromatic rings. The Morgan fingerprint density at radius 3 is 2.85 bits per heavy atom. The molecule has 0 unspecified atom stereocenters. The molecule has 0 radical (unpaired) electrons. The highest BCUT2D eigenvalue weighted by atomic mass is 32.2. The third kappa shape index (κ3) is 3.01. The zero-order chi connectivity index (χ0) is 14.5. The number of hydrogen-bond acceptors (Lipinski definition) is 7. The average molecular weight is 291 g/mol. The summed E-state index contributed by atoms with van der Waals surface area (Å²) in [5.74, 6) is -0.241. The van der Waals surface area contributed by atoms with E-state index in [1.165, 1.54) is 12.3 Å². The fourth-order valence-corrected chi connectivity index (χ4v) is 2.16. The molecular weight excluding hydrogens is 282 g/mol. The van der Waals surface area contributed by atoms with Crippen LogP contribution in [0.25, 0.3) is 0 Å². The van der Waals surface area contributed by atoms with Crippen molar-refractivity contribution in [2.24, 2.45) is 10.9 Å². The summed E-state index contributed by atoms with van der Waals surface area (Å²) in [6.07, 6.45) is 2.88. The first-order chi connectivity index (χ1) is 9.61. The van der Waals surface area contributed by atoms with Crippen molar-refractivity contribution in [3.8, 4) is 0 Å². The molecule has 0 aromatic carbocycles. The Hall–Kier alpha value is -2.68. The molecule has 102 valence electrons. The summed E-state index contributed by atoms with van der Waals surface area (Å²) in [7, 11) is 0. The van der Waals surface area contributed by atoms with Crippen molar-refractivity contribution in [3.05, 3.63) is 52.3 Å². The Labute approximate surface area is 117 Å². The van der Waals surface area contributed by atoms with Crippen LogP contribution in [0.3, 0.4) is 0 Å². The highest BCUT2D eigenvalue weighted by Crippen LogP contribution is 2.32. The molecule has 0 saturated carbocycles. The van der Waals surface area contributed by atoms with Crippen LogP contribution in [-0.2, 0) is 0 Å². The number of oxime groups is 1. The molecule has 0 fully saturated rings. The number of amidine groups is 1. The van der Waals surface area contributed by atoms with Gasteiger partial charge >= 0.3 is 5.69 Å². The lowest BCUT2D eigenvalue weighted by Crippen LogP contribution is -2.14. The van der Waals surface area contributed by atoms with E-state index in [9.17, 15) is 10.1 Å². The SMILES string of the molecule is N/C(=N/O)c1cnc(Sc2ccccn2)c([N+](=O)[O-])c1. The van der Waals surface area contributed by atoms with E-state index < -0.39 is 4.92 Å². The van der Waals surface area contributed by atoms with E-state index >= 15 is 0 Å². The predicted octanol–water partition coefficient (Wildman–Crippen LogP) is 1.63. The topological polar surface area (TPSA) is 128 Å². The van der Waals surface area contributed by atoms with Gasteiger partial charge in [0.25, 0.3) is 0 Å². The van der Waals surface area contributed by atoms with Gasteiger partial charge in [-0.1, -0.05) is 11.2 Å². The lowest BCUT2D eigenvalue weighted by Gasteiger charge is -2.03. The van der Waals surface area contributed by atoms with Crippen molar-refractivity contribution < 1.29 is 10.1 Å². The van der Waals surface area contributed by atoms with Gasteiger partial charge in [-0.05, 0) is 23.9 Å². The first kappa shape index (κ1) is 13.7. The van der Waals surface area contributed by atoms with Crippen LogP contribution >= 0.6 is 11.8 Å². The van der Waals surface area contributed by atoms with Gasteiger partial charge in [-0.2, -0.15) is 0 Å². The van der Waals surface area contributed by atoms with Crippen molar-refractivity contribution in [2.75, 3.05) is 0 Å². The second kappa shape index (κ2) is 5.97. The van der Waals surface area contributed by atoms with Crippen LogP contribution in [0.4, 0.5) is 5.69 Å². The molecule has 8 nitrogen and oxygen atoms in total. The van der Waals surface area contributed by atoms with Crippen LogP contribution in [-0.4, -0.2) is 25.9 Å². The van der Waals surface area contributed by atoms with E-state index in [1.54, 1.807) is 24.4 Å². The molecule has 2 heterocycles. The third-order valence-corrected chi connectivity index (χ3v) is 3.23. The fourth-order valence-electron chi connectivity index (χ4n) is 1.35. The number of nitrogens with zero attached hydrogens (tertiary/aromatic N) is 4. The van der Waals surface area contributed by atoms with Gasteiger partial charge in [-0.15, -0.1) is 0 Å². The Kier molecular flexibility index (Phi) is 4.11. The predicted molar refractivity (Wildman–Crippen MR) is 71.8 cm³/mol. The van der Waals surface area contributed by atoms with Crippen molar-refractivity contribution in [1.82, 2.24) is 9.97 Å². The lowest BCUT2D eigenvalue weighted by molar-refractivity contribution is -0.388. The smallest absolute Gasteiger partial charge is 0.302 e. The van der Waals surface area contributed by atoms with Gasteiger partial charge < -0.3 is 10.9 Å². The van der Waals surface area contributed by atoms with Crippen LogP contribution in [0.15, 0.2) is 51.9 Å². The number of pyridine rings is 2. The van der Waals surface area contributed by atoms with Crippen molar-refractivity contribution in [1.29, 1.82) is 0 Å². The maximum Gasteiger partial charge on any atom is 0.302 e. The maximum absolute atomic E-state index is 11.1. The van der Waals surface area contributed by atoms with Crippen molar-refractivity contribution in [2.45, 2.75) is 10.1 Å². The van der Waals surface area contributed by atoms with E-state index in [4.69, 9.17) is 10.9 Å². The lowest BCUT2D eigenvalue weighted by atomic mass is 10.2. The molecule has 0 spiro atoms. The molecule has 0 aliphatic heterocycles. The monoisotopic (exact) mass is 291 g/mol. The number of nitro groups is 1. The van der Waals surface area contributed by atoms with Crippen LogP contribution in [0, 0.1) is 10.1 Å². The minimum absolute atomic E-state index is 0.171. The first-order valence-electron chi connectivity index (χ1n) is 5.33. The zero-order valence-corrected chi connectivity index (χ0v) is 10.8. The first-order valence-corrected chi connectivity index (χ1v) is 6.14. The summed E-state index contributed by atoms with van der Waals surface area (Å²) in [5.41, 5.74) is 5.32. The van der Waals surface area contributed by atoms with Gasteiger partial charge in [-0.25, -0.2) is 9.97 Å². The molecule has 9 heteroatoms. The van der Waals surface area contributed by atoms with Gasteiger partial charge in [0.15, 0.2) is 10.9 Å². The fraction of sp³-hybridized carbons (Fsp3) is 0. The third-order valence-electron chi connectivity index (χ3n) is 2.27. The Bertz CT molecular complexity index is 662. The van der Waals surface area contributed by atoms with Crippen molar-refractivity contribution in [3.63, 3.8) is 0 Å². The minimum atomic E-state index is -0.577. The molecule has 2 rings (SSSR count). The molecule has 0 aliphatic carbocycles. The van der Waals surface area contributed by atoms with Gasteiger partial charge in [0.05, 0.1) is 4.92 Å². The Morgan fingerprint density at radius 2 is 2.25 bits per heavy atom. The average Bonchev–Trinajstić information content (AvgIpc) is 2.47. The zero-order valence-electron chi connectivity index (χ0n) is 10.0. The Morgan fingerprint density at radius 1 is 1.45 bits per heavy atom. The number of nitrogens with two attached hydrogens (primary N) is 1. The molecule has 0 atom stereocenters. The van der Waals surface area contributed by atoms with Gasteiger partial charge in [0.1, 0.15) is 5.03 Å². The van der Waals surface area contributed by atoms with Gasteiger partial charge in [-0.3, -0.25) is 10.1 Å². The maximum atomic E-state index is 11.1. The number of rotatable bonds is 4. The quantitative estimate of drug-likeness (QED) is 0.288. The standard InChI is InChI=1S/C11H9N5O3S/c12-10(15-17)7-5-8(16(18)19)11(14-6-7)20-9-3-1-2-4-13-9/h1-6,17H,(H2,12,15).